The van der Waals surface area contributed by atoms with Crippen molar-refractivity contribution in [1.82, 2.24) is 15.1 Å². The van der Waals surface area contributed by atoms with Gasteiger partial charge in [0.15, 0.2) is 6.04 Å². The predicted octanol–water partition coefficient (Wildman–Crippen LogP) is 2.51. The van der Waals surface area contributed by atoms with Crippen LogP contribution in [-0.2, 0) is 4.74 Å². The van der Waals surface area contributed by atoms with Gasteiger partial charge in [0.05, 0.1) is 25.1 Å². The molecule has 1 aliphatic rings. The molecule has 2 atom stereocenters. The topological polar surface area (TPSA) is 81.3 Å². The maximum atomic E-state index is 13.5. The molecule has 136 valence electrons. The van der Waals surface area contributed by atoms with E-state index in [0.29, 0.717) is 12.4 Å². The van der Waals surface area contributed by atoms with Gasteiger partial charge in [0.25, 0.3) is 5.91 Å². The van der Waals surface area contributed by atoms with Crippen LogP contribution in [0.25, 0.3) is 0 Å². The molecule has 0 spiro atoms. The number of fused-ring (bicyclic) bond motifs is 1. The number of halogens is 3. The summed E-state index contributed by atoms with van der Waals surface area (Å²) >= 11 is 0. The Labute approximate surface area is 141 Å². The van der Waals surface area contributed by atoms with Gasteiger partial charge in [-0.15, -0.1) is 0 Å². The Kier molecular flexibility index (Phi) is 4.71. The van der Waals surface area contributed by atoms with E-state index in [1.807, 2.05) is 0 Å². The predicted molar refractivity (Wildman–Crippen MR) is 81.2 cm³/mol. The molecule has 0 aliphatic carbocycles. The first-order valence-corrected chi connectivity index (χ1v) is 7.63. The third kappa shape index (κ3) is 3.48. The number of aromatic nitrogens is 2. The third-order valence-corrected chi connectivity index (χ3v) is 3.96. The van der Waals surface area contributed by atoms with Crippen LogP contribution in [0.1, 0.15) is 34.6 Å². The van der Waals surface area contributed by atoms with E-state index < -0.39 is 24.2 Å². The Hall–Kier alpha value is -2.49. The molecule has 7 nitrogen and oxygen atoms in total. The second kappa shape index (κ2) is 6.79. The van der Waals surface area contributed by atoms with E-state index >= 15 is 0 Å². The lowest BCUT2D eigenvalue weighted by Crippen LogP contribution is -2.36. The highest BCUT2D eigenvalue weighted by molar-refractivity contribution is 5.98. The first-order chi connectivity index (χ1) is 11.9. The van der Waals surface area contributed by atoms with Crippen molar-refractivity contribution in [3.05, 3.63) is 35.9 Å². The minimum atomic E-state index is -4.50. The van der Waals surface area contributed by atoms with Crippen molar-refractivity contribution < 1.29 is 27.1 Å². The summed E-state index contributed by atoms with van der Waals surface area (Å²) in [7, 11) is 1.48. The van der Waals surface area contributed by atoms with E-state index in [4.69, 9.17) is 9.15 Å². The first kappa shape index (κ1) is 17.3. The maximum absolute atomic E-state index is 13.5. The van der Waals surface area contributed by atoms with Gasteiger partial charge in [-0.3, -0.25) is 4.79 Å². The summed E-state index contributed by atoms with van der Waals surface area (Å²) in [5.41, 5.74) is 0.0432. The highest BCUT2D eigenvalue weighted by atomic mass is 19.4. The zero-order valence-corrected chi connectivity index (χ0v) is 13.3. The molecular formula is C15H17F3N4O3. The number of amides is 1. The summed E-state index contributed by atoms with van der Waals surface area (Å²) < 4.78 is 51.2. The van der Waals surface area contributed by atoms with Gasteiger partial charge in [-0.1, -0.05) is 0 Å². The Morgan fingerprint density at radius 1 is 1.56 bits per heavy atom. The number of hydrogen-bond donors (Lipinski definition) is 2. The van der Waals surface area contributed by atoms with Gasteiger partial charge in [0.2, 0.25) is 0 Å². The molecule has 25 heavy (non-hydrogen) atoms. The lowest BCUT2D eigenvalue weighted by atomic mass is 10.0. The number of alkyl halides is 3. The molecule has 1 amide bonds. The summed E-state index contributed by atoms with van der Waals surface area (Å²) in [4.78, 5) is 12.2. The highest BCUT2D eigenvalue weighted by Gasteiger charge is 2.47. The average Bonchev–Trinajstić information content (AvgIpc) is 3.22. The number of anilines is 1. The molecule has 3 heterocycles. The second-order valence-electron chi connectivity index (χ2n) is 5.61. The Morgan fingerprint density at radius 3 is 3.00 bits per heavy atom. The van der Waals surface area contributed by atoms with Crippen LogP contribution in [0.3, 0.4) is 0 Å². The fourth-order valence-electron chi connectivity index (χ4n) is 2.77. The van der Waals surface area contributed by atoms with E-state index in [0.717, 1.165) is 10.9 Å². The van der Waals surface area contributed by atoms with Crippen LogP contribution in [-0.4, -0.2) is 42.1 Å². The molecule has 0 saturated carbocycles. The van der Waals surface area contributed by atoms with E-state index in [2.05, 4.69) is 15.7 Å². The van der Waals surface area contributed by atoms with E-state index in [1.54, 1.807) is 12.1 Å². The Balaban J connectivity index is 1.92. The fraction of sp³-hybridized carbons (Fsp3) is 0.467. The molecule has 10 heteroatoms. The number of nitrogens with zero attached hydrogens (tertiary/aromatic N) is 2. The molecule has 3 rings (SSSR count). The number of hydrogen-bond acceptors (Lipinski definition) is 5. The van der Waals surface area contributed by atoms with Crippen LogP contribution >= 0.6 is 0 Å². The minimum Gasteiger partial charge on any atom is -0.467 e. The van der Waals surface area contributed by atoms with Crippen molar-refractivity contribution >= 4 is 11.7 Å². The van der Waals surface area contributed by atoms with Gasteiger partial charge in [0.1, 0.15) is 17.1 Å². The molecule has 1 aliphatic heterocycles. The van der Waals surface area contributed by atoms with Crippen molar-refractivity contribution in [2.45, 2.75) is 24.7 Å². The first-order valence-electron chi connectivity index (χ1n) is 7.63. The summed E-state index contributed by atoms with van der Waals surface area (Å²) in [5.74, 6) is -0.135. The van der Waals surface area contributed by atoms with Crippen LogP contribution in [0.2, 0.25) is 0 Å². The number of rotatable bonds is 5. The van der Waals surface area contributed by atoms with E-state index in [-0.39, 0.29) is 24.3 Å². The number of methoxy groups -OCH3 is 1. The normalized spacial score (nSPS) is 20.0. The molecular weight excluding hydrogens is 341 g/mol. The van der Waals surface area contributed by atoms with Crippen LogP contribution in [0.15, 0.2) is 29.0 Å². The number of carbonyl (C=O) groups excluding carboxylic acids is 1. The van der Waals surface area contributed by atoms with Gasteiger partial charge in [-0.25, -0.2) is 4.68 Å². The smallest absolute Gasteiger partial charge is 0.410 e. The molecule has 0 unspecified atom stereocenters. The van der Waals surface area contributed by atoms with Crippen LogP contribution < -0.4 is 10.6 Å². The van der Waals surface area contributed by atoms with Crippen molar-refractivity contribution in [3.8, 4) is 0 Å². The van der Waals surface area contributed by atoms with Crippen LogP contribution in [0, 0.1) is 0 Å². The minimum absolute atomic E-state index is 0.0184. The van der Waals surface area contributed by atoms with Crippen LogP contribution in [0.5, 0.6) is 0 Å². The average molecular weight is 358 g/mol. The Morgan fingerprint density at radius 2 is 2.36 bits per heavy atom. The van der Waals surface area contributed by atoms with Crippen molar-refractivity contribution in [2.24, 2.45) is 0 Å². The zero-order valence-electron chi connectivity index (χ0n) is 13.3. The van der Waals surface area contributed by atoms with Gasteiger partial charge in [-0.2, -0.15) is 18.3 Å². The van der Waals surface area contributed by atoms with E-state index in [1.165, 1.54) is 13.4 Å². The van der Waals surface area contributed by atoms with Crippen molar-refractivity contribution in [1.29, 1.82) is 0 Å². The largest absolute Gasteiger partial charge is 0.467 e. The molecule has 0 aromatic carbocycles. The molecule has 2 aromatic rings. The standard InChI is InChI=1S/C15H17F3N4O3/c1-24-6-4-19-14(23)9-8-20-22-12(15(16,17)18)7-10(21-13(9)22)11-3-2-5-25-11/h2-3,5,8,10,12,21H,4,6-7H2,1H3,(H,19,23)/t10-,12-/m0/s1. The van der Waals surface area contributed by atoms with Gasteiger partial charge in [0, 0.05) is 20.1 Å². The summed E-state index contributed by atoms with van der Waals surface area (Å²) in [6.45, 7) is 0.535. The summed E-state index contributed by atoms with van der Waals surface area (Å²) in [6, 6.07) is 0.634. The Bertz CT molecular complexity index is 727. The van der Waals surface area contributed by atoms with Gasteiger partial charge < -0.3 is 19.8 Å². The zero-order chi connectivity index (χ0) is 18.0. The molecule has 0 fully saturated rings. The van der Waals surface area contributed by atoms with Crippen LogP contribution in [0.4, 0.5) is 19.0 Å². The SMILES string of the molecule is COCCNC(=O)c1cnn2c1N[C@H](c1ccco1)C[C@H]2C(F)(F)F. The molecule has 2 N–H and O–H groups in total. The van der Waals surface area contributed by atoms with Gasteiger partial charge in [-0.05, 0) is 12.1 Å². The monoisotopic (exact) mass is 358 g/mol. The number of ether oxygens (including phenoxy) is 1. The van der Waals surface area contributed by atoms with Gasteiger partial charge >= 0.3 is 6.18 Å². The second-order valence-corrected chi connectivity index (χ2v) is 5.61. The molecule has 0 bridgehead atoms. The molecule has 2 aromatic heterocycles. The fourth-order valence-corrected chi connectivity index (χ4v) is 2.77. The van der Waals surface area contributed by atoms with Crippen molar-refractivity contribution in [2.75, 3.05) is 25.6 Å². The maximum Gasteiger partial charge on any atom is 0.410 e. The van der Waals surface area contributed by atoms with E-state index in [9.17, 15) is 18.0 Å². The number of carbonyl (C=O) groups is 1. The summed E-state index contributed by atoms with van der Waals surface area (Å²) in [5, 5.41) is 9.29. The highest BCUT2D eigenvalue weighted by Crippen LogP contribution is 2.44. The molecule has 0 saturated heterocycles. The third-order valence-electron chi connectivity index (χ3n) is 3.96. The molecule has 0 radical (unpaired) electrons. The lowest BCUT2D eigenvalue weighted by molar-refractivity contribution is -0.174. The quantitative estimate of drug-likeness (QED) is 0.803. The summed E-state index contributed by atoms with van der Waals surface area (Å²) in [6.07, 6.45) is -2.26. The number of furan rings is 1. The number of nitrogens with one attached hydrogen (secondary N) is 2. The van der Waals surface area contributed by atoms with Crippen molar-refractivity contribution in [3.63, 3.8) is 0 Å². The lowest BCUT2D eigenvalue weighted by Gasteiger charge is -2.32.